The van der Waals surface area contributed by atoms with E-state index in [0.717, 1.165) is 12.0 Å². The van der Waals surface area contributed by atoms with E-state index in [1.807, 2.05) is 6.92 Å². The summed E-state index contributed by atoms with van der Waals surface area (Å²) in [4.78, 5) is 12.2. The van der Waals surface area contributed by atoms with Gasteiger partial charge in [0.15, 0.2) is 0 Å². The molecule has 2 rings (SSSR count). The summed E-state index contributed by atoms with van der Waals surface area (Å²) in [6, 6.07) is 8.43. The molecule has 1 saturated carbocycles. The fourth-order valence-corrected chi connectivity index (χ4v) is 3.23. The fraction of sp³-hybridized carbons (Fsp3) is 0.650. The Hall–Kier alpha value is -1.31. The molecule has 0 aliphatic heterocycles. The maximum atomic E-state index is 12.2. The van der Waals surface area contributed by atoms with Crippen LogP contribution in [0.4, 0.5) is 0 Å². The van der Waals surface area contributed by atoms with Crippen LogP contribution < -0.4 is 0 Å². The van der Waals surface area contributed by atoms with E-state index in [1.54, 1.807) is 0 Å². The highest BCUT2D eigenvalue weighted by molar-refractivity contribution is 5.77. The molecule has 1 fully saturated rings. The second-order valence-electron chi connectivity index (χ2n) is 7.20. The van der Waals surface area contributed by atoms with Crippen molar-refractivity contribution < 1.29 is 9.53 Å². The summed E-state index contributed by atoms with van der Waals surface area (Å²) in [6.45, 7) is 6.99. The maximum Gasteiger partial charge on any atom is 0.313 e. The van der Waals surface area contributed by atoms with Gasteiger partial charge in [0.2, 0.25) is 0 Å². The molecule has 2 nitrogen and oxygen atoms in total. The molecule has 122 valence electrons. The molecule has 0 N–H and O–H groups in total. The van der Waals surface area contributed by atoms with Crippen LogP contribution >= 0.6 is 0 Å². The van der Waals surface area contributed by atoms with Crippen molar-refractivity contribution in [3.05, 3.63) is 35.4 Å². The first-order chi connectivity index (χ1) is 10.6. The predicted octanol–water partition coefficient (Wildman–Crippen LogP) is 5.11. The van der Waals surface area contributed by atoms with Crippen LogP contribution in [0.25, 0.3) is 0 Å². The minimum atomic E-state index is -0.170. The number of esters is 1. The molecular formula is C20H30O2. The molecule has 1 aromatic rings. The molecule has 1 aliphatic carbocycles. The smallest absolute Gasteiger partial charge is 0.313 e. The van der Waals surface area contributed by atoms with Crippen LogP contribution in [-0.2, 0) is 16.0 Å². The van der Waals surface area contributed by atoms with Gasteiger partial charge in [-0.25, -0.2) is 0 Å². The first-order valence-corrected chi connectivity index (χ1v) is 8.81. The lowest BCUT2D eigenvalue weighted by Crippen LogP contribution is -2.20. The summed E-state index contributed by atoms with van der Waals surface area (Å²) in [7, 11) is 0. The van der Waals surface area contributed by atoms with Gasteiger partial charge in [-0.3, -0.25) is 4.79 Å². The van der Waals surface area contributed by atoms with E-state index >= 15 is 0 Å². The van der Waals surface area contributed by atoms with E-state index in [9.17, 15) is 4.79 Å². The van der Waals surface area contributed by atoms with Gasteiger partial charge in [0.05, 0.1) is 12.5 Å². The molecule has 0 aromatic heterocycles. The normalized spacial score (nSPS) is 17.5. The topological polar surface area (TPSA) is 26.3 Å². The largest absolute Gasteiger partial charge is 0.465 e. The summed E-state index contributed by atoms with van der Waals surface area (Å²) in [6.07, 6.45) is 7.42. The highest BCUT2D eigenvalue weighted by Crippen LogP contribution is 2.25. The average molecular weight is 302 g/mol. The van der Waals surface area contributed by atoms with Crippen LogP contribution in [0.2, 0.25) is 0 Å². The minimum Gasteiger partial charge on any atom is -0.465 e. The van der Waals surface area contributed by atoms with Gasteiger partial charge in [0.25, 0.3) is 0 Å². The highest BCUT2D eigenvalue weighted by Gasteiger charge is 2.20. The number of ether oxygens (including phenoxy) is 1. The van der Waals surface area contributed by atoms with Crippen molar-refractivity contribution in [2.75, 3.05) is 6.61 Å². The number of hydrogen-bond donors (Lipinski definition) is 0. The standard InChI is InChI=1S/C20H30O2/c1-15(2)13-17-9-11-19(12-10-17)16(3)20(21)22-14-18-7-5-4-6-8-18/h9-12,15-16,18H,4-8,13-14H2,1-3H3/t16-/m0/s1. The third-order valence-electron chi connectivity index (χ3n) is 4.66. The van der Waals surface area contributed by atoms with Crippen molar-refractivity contribution in [1.82, 2.24) is 0 Å². The van der Waals surface area contributed by atoms with Gasteiger partial charge >= 0.3 is 5.97 Å². The van der Waals surface area contributed by atoms with E-state index in [2.05, 4.69) is 38.1 Å². The maximum absolute atomic E-state index is 12.2. The van der Waals surface area contributed by atoms with Gasteiger partial charge in [-0.05, 0) is 49.1 Å². The van der Waals surface area contributed by atoms with E-state index in [-0.39, 0.29) is 11.9 Å². The third-order valence-corrected chi connectivity index (χ3v) is 4.66. The second kappa shape index (κ2) is 8.36. The molecular weight excluding hydrogens is 272 g/mol. The Labute approximate surface area is 135 Å². The minimum absolute atomic E-state index is 0.0813. The Morgan fingerprint density at radius 3 is 2.32 bits per heavy atom. The third kappa shape index (κ3) is 5.15. The first kappa shape index (κ1) is 17.1. The molecule has 0 heterocycles. The average Bonchev–Trinajstić information content (AvgIpc) is 2.53. The molecule has 0 radical (unpaired) electrons. The predicted molar refractivity (Wildman–Crippen MR) is 90.9 cm³/mol. The summed E-state index contributed by atoms with van der Waals surface area (Å²) in [5.74, 6) is 0.987. The number of rotatable bonds is 6. The van der Waals surface area contributed by atoms with Crippen molar-refractivity contribution in [1.29, 1.82) is 0 Å². The SMILES string of the molecule is CC(C)Cc1ccc([C@H](C)C(=O)OCC2CCCCC2)cc1. The molecule has 0 unspecified atom stereocenters. The van der Waals surface area contributed by atoms with Gasteiger partial charge in [0.1, 0.15) is 0 Å². The number of carbonyl (C=O) groups excluding carboxylic acids is 1. The molecule has 1 aliphatic rings. The molecule has 0 amide bonds. The van der Waals surface area contributed by atoms with Gasteiger partial charge in [-0.1, -0.05) is 57.4 Å². The Morgan fingerprint density at radius 2 is 1.73 bits per heavy atom. The van der Waals surface area contributed by atoms with Crippen molar-refractivity contribution >= 4 is 5.97 Å². The van der Waals surface area contributed by atoms with Gasteiger partial charge < -0.3 is 4.74 Å². The van der Waals surface area contributed by atoms with E-state index in [1.165, 1.54) is 37.7 Å². The zero-order valence-corrected chi connectivity index (χ0v) is 14.3. The summed E-state index contributed by atoms with van der Waals surface area (Å²) >= 11 is 0. The Balaban J connectivity index is 1.84. The highest BCUT2D eigenvalue weighted by atomic mass is 16.5. The lowest BCUT2D eigenvalue weighted by atomic mass is 9.90. The zero-order chi connectivity index (χ0) is 15.9. The van der Waals surface area contributed by atoms with Crippen LogP contribution in [0.1, 0.15) is 69.9 Å². The molecule has 0 bridgehead atoms. The van der Waals surface area contributed by atoms with Gasteiger partial charge in [-0.2, -0.15) is 0 Å². The molecule has 0 saturated heterocycles. The van der Waals surface area contributed by atoms with Crippen LogP contribution in [0.15, 0.2) is 24.3 Å². The summed E-state index contributed by atoms with van der Waals surface area (Å²) < 4.78 is 5.55. The fourth-order valence-electron chi connectivity index (χ4n) is 3.23. The zero-order valence-electron chi connectivity index (χ0n) is 14.3. The first-order valence-electron chi connectivity index (χ1n) is 8.81. The molecule has 1 atom stereocenters. The lowest BCUT2D eigenvalue weighted by Gasteiger charge is -2.22. The Bertz CT molecular complexity index is 455. The van der Waals surface area contributed by atoms with E-state index < -0.39 is 0 Å². The molecule has 1 aromatic carbocycles. The number of hydrogen-bond acceptors (Lipinski definition) is 2. The van der Waals surface area contributed by atoms with Crippen LogP contribution in [-0.4, -0.2) is 12.6 Å². The van der Waals surface area contributed by atoms with Crippen LogP contribution in [0.5, 0.6) is 0 Å². The summed E-state index contributed by atoms with van der Waals surface area (Å²) in [5, 5.41) is 0. The van der Waals surface area contributed by atoms with Crippen molar-refractivity contribution in [2.45, 2.75) is 65.2 Å². The molecule has 2 heteroatoms. The van der Waals surface area contributed by atoms with Crippen molar-refractivity contribution in [3.8, 4) is 0 Å². The van der Waals surface area contributed by atoms with Crippen LogP contribution in [0, 0.1) is 11.8 Å². The Morgan fingerprint density at radius 1 is 1.09 bits per heavy atom. The Kier molecular flexibility index (Phi) is 6.48. The lowest BCUT2D eigenvalue weighted by molar-refractivity contribution is -0.146. The van der Waals surface area contributed by atoms with E-state index in [0.29, 0.717) is 18.4 Å². The van der Waals surface area contributed by atoms with Gasteiger partial charge in [0, 0.05) is 0 Å². The van der Waals surface area contributed by atoms with Gasteiger partial charge in [-0.15, -0.1) is 0 Å². The van der Waals surface area contributed by atoms with Crippen LogP contribution in [0.3, 0.4) is 0 Å². The van der Waals surface area contributed by atoms with Crippen molar-refractivity contribution in [2.24, 2.45) is 11.8 Å². The summed E-state index contributed by atoms with van der Waals surface area (Å²) in [5.41, 5.74) is 2.39. The van der Waals surface area contributed by atoms with Crippen molar-refractivity contribution in [3.63, 3.8) is 0 Å². The second-order valence-corrected chi connectivity index (χ2v) is 7.20. The van der Waals surface area contributed by atoms with E-state index in [4.69, 9.17) is 4.74 Å². The molecule has 0 spiro atoms. The number of benzene rings is 1. The monoisotopic (exact) mass is 302 g/mol. The quantitative estimate of drug-likeness (QED) is 0.682. The number of carbonyl (C=O) groups is 1. The molecule has 22 heavy (non-hydrogen) atoms.